The summed E-state index contributed by atoms with van der Waals surface area (Å²) in [5.41, 5.74) is 3.78. The first-order chi connectivity index (χ1) is 13.3. The lowest BCUT2D eigenvalue weighted by atomic mass is 10.1. The van der Waals surface area contributed by atoms with Crippen LogP contribution in [-0.2, 0) is 16.4 Å². The lowest BCUT2D eigenvalue weighted by Crippen LogP contribution is -2.37. The van der Waals surface area contributed by atoms with Gasteiger partial charge in [0.05, 0.1) is 30.7 Å². The van der Waals surface area contributed by atoms with E-state index in [0.29, 0.717) is 12.3 Å². The Balaban J connectivity index is 1.72. The van der Waals surface area contributed by atoms with E-state index in [9.17, 15) is 13.2 Å². The number of nitrogens with zero attached hydrogens (tertiary/aromatic N) is 2. The number of rotatable bonds is 4. The molecule has 0 aromatic heterocycles. The summed E-state index contributed by atoms with van der Waals surface area (Å²) in [6.07, 6.45) is 0. The first-order valence-electron chi connectivity index (χ1n) is 9.29. The molecule has 7 heteroatoms. The summed E-state index contributed by atoms with van der Waals surface area (Å²) in [4.78, 5) is 16.7. The summed E-state index contributed by atoms with van der Waals surface area (Å²) in [5.74, 6) is 0.727. The zero-order valence-electron chi connectivity index (χ0n) is 16.3. The van der Waals surface area contributed by atoms with Crippen molar-refractivity contribution in [3.05, 3.63) is 59.2 Å². The number of amides is 2. The van der Waals surface area contributed by atoms with Gasteiger partial charge >= 0.3 is 6.03 Å². The van der Waals surface area contributed by atoms with Crippen LogP contribution in [0.1, 0.15) is 16.7 Å². The Morgan fingerprint density at radius 3 is 2.39 bits per heavy atom. The summed E-state index contributed by atoms with van der Waals surface area (Å²) in [7, 11) is -1.59. The Kier molecular flexibility index (Phi) is 4.57. The minimum atomic E-state index is -3.19. The average molecular weight is 401 g/mol. The second-order valence-corrected chi connectivity index (χ2v) is 9.84. The molecule has 2 heterocycles. The van der Waals surface area contributed by atoms with Gasteiger partial charge in [-0.25, -0.2) is 13.2 Å². The van der Waals surface area contributed by atoms with Crippen molar-refractivity contribution in [1.82, 2.24) is 4.90 Å². The number of carbonyl (C=O) groups is 1. The van der Waals surface area contributed by atoms with E-state index in [1.807, 2.05) is 56.3 Å². The summed E-state index contributed by atoms with van der Waals surface area (Å²) >= 11 is 0. The molecule has 0 unspecified atom stereocenters. The Morgan fingerprint density at radius 2 is 1.71 bits per heavy atom. The molecule has 2 amide bonds. The molecule has 148 valence electrons. The predicted molar refractivity (Wildman–Crippen MR) is 109 cm³/mol. The van der Waals surface area contributed by atoms with E-state index >= 15 is 0 Å². The molecule has 2 aromatic carbocycles. The van der Waals surface area contributed by atoms with Gasteiger partial charge in [0, 0.05) is 12.2 Å². The monoisotopic (exact) mass is 400 g/mol. The van der Waals surface area contributed by atoms with Crippen LogP contribution in [0.25, 0.3) is 0 Å². The molecule has 0 aliphatic carbocycles. The van der Waals surface area contributed by atoms with Gasteiger partial charge in [-0.15, -0.1) is 0 Å². The molecule has 0 spiro atoms. The molecule has 2 aliphatic heterocycles. The number of ether oxygens (including phenoxy) is 1. The lowest BCUT2D eigenvalue weighted by Gasteiger charge is -2.23. The SMILES string of the molecule is COc1cccc(CN2C(=O)N(c3cc(C)cc(C)c3)[C@H]3CS(=O)(=O)C[C@H]32)c1. The number of urea groups is 1. The van der Waals surface area contributed by atoms with Crippen LogP contribution in [0.4, 0.5) is 10.5 Å². The van der Waals surface area contributed by atoms with Crippen molar-refractivity contribution in [1.29, 1.82) is 0 Å². The number of methoxy groups -OCH3 is 1. The highest BCUT2D eigenvalue weighted by molar-refractivity contribution is 7.91. The molecule has 6 nitrogen and oxygen atoms in total. The van der Waals surface area contributed by atoms with E-state index in [2.05, 4.69) is 0 Å². The second-order valence-electron chi connectivity index (χ2n) is 7.69. The van der Waals surface area contributed by atoms with Crippen molar-refractivity contribution in [3.63, 3.8) is 0 Å². The number of hydrogen-bond acceptors (Lipinski definition) is 4. The van der Waals surface area contributed by atoms with Gasteiger partial charge < -0.3 is 9.64 Å². The van der Waals surface area contributed by atoms with Crippen molar-refractivity contribution >= 4 is 21.6 Å². The normalized spacial score (nSPS) is 23.2. The molecule has 28 heavy (non-hydrogen) atoms. The first-order valence-corrected chi connectivity index (χ1v) is 11.1. The predicted octanol–water partition coefficient (Wildman–Crippen LogP) is 2.92. The lowest BCUT2D eigenvalue weighted by molar-refractivity contribution is 0.206. The molecule has 2 atom stereocenters. The standard InChI is InChI=1S/C21H24N2O4S/c1-14-7-15(2)9-17(8-14)23-20-13-28(25,26)12-19(20)22(21(23)24)11-16-5-4-6-18(10-16)27-3/h4-10,19-20H,11-13H2,1-3H3/t19-,20+/m1/s1. The van der Waals surface area contributed by atoms with Gasteiger partial charge in [-0.2, -0.15) is 0 Å². The van der Waals surface area contributed by atoms with Crippen molar-refractivity contribution in [3.8, 4) is 5.75 Å². The van der Waals surface area contributed by atoms with E-state index in [-0.39, 0.29) is 29.6 Å². The van der Waals surface area contributed by atoms with Crippen LogP contribution >= 0.6 is 0 Å². The Bertz CT molecular complexity index is 1010. The molecule has 2 aromatic rings. The van der Waals surface area contributed by atoms with E-state index in [1.165, 1.54) is 0 Å². The molecule has 0 saturated carbocycles. The minimum absolute atomic E-state index is 0.00497. The quantitative estimate of drug-likeness (QED) is 0.740. The Hall–Kier alpha value is -2.54. The van der Waals surface area contributed by atoms with Crippen molar-refractivity contribution in [2.24, 2.45) is 0 Å². The summed E-state index contributed by atoms with van der Waals surface area (Å²) in [5, 5.41) is 0. The third-order valence-corrected chi connectivity index (χ3v) is 7.15. The molecule has 0 N–H and O–H groups in total. The van der Waals surface area contributed by atoms with Gasteiger partial charge in [0.2, 0.25) is 0 Å². The maximum atomic E-state index is 13.3. The smallest absolute Gasteiger partial charge is 0.325 e. The molecular formula is C21H24N2O4S. The molecule has 4 rings (SSSR count). The third kappa shape index (κ3) is 3.35. The average Bonchev–Trinajstić information content (AvgIpc) is 3.05. The van der Waals surface area contributed by atoms with E-state index in [1.54, 1.807) is 16.9 Å². The van der Waals surface area contributed by atoms with Gasteiger partial charge in [0.1, 0.15) is 5.75 Å². The fourth-order valence-electron chi connectivity index (χ4n) is 4.32. The van der Waals surface area contributed by atoms with Crippen molar-refractivity contribution in [2.45, 2.75) is 32.5 Å². The number of benzene rings is 2. The Labute approximate surface area is 165 Å². The molecule has 2 saturated heterocycles. The van der Waals surface area contributed by atoms with Crippen LogP contribution < -0.4 is 9.64 Å². The van der Waals surface area contributed by atoms with Gasteiger partial charge in [-0.3, -0.25) is 4.90 Å². The highest BCUT2D eigenvalue weighted by atomic mass is 32.2. The molecule has 0 bridgehead atoms. The zero-order valence-corrected chi connectivity index (χ0v) is 17.1. The number of anilines is 1. The fraction of sp³-hybridized carbons (Fsp3) is 0.381. The van der Waals surface area contributed by atoms with E-state index < -0.39 is 9.84 Å². The van der Waals surface area contributed by atoms with Crippen LogP contribution in [-0.4, -0.2) is 50.0 Å². The van der Waals surface area contributed by atoms with Crippen LogP contribution in [0.15, 0.2) is 42.5 Å². The molecule has 2 fully saturated rings. The van der Waals surface area contributed by atoms with Crippen LogP contribution in [0.2, 0.25) is 0 Å². The third-order valence-electron chi connectivity index (χ3n) is 5.45. The highest BCUT2D eigenvalue weighted by Crippen LogP contribution is 2.36. The molecular weight excluding hydrogens is 376 g/mol. The summed E-state index contributed by atoms with van der Waals surface area (Å²) in [6.45, 7) is 4.32. The maximum Gasteiger partial charge on any atom is 0.325 e. The van der Waals surface area contributed by atoms with Crippen LogP contribution in [0.3, 0.4) is 0 Å². The van der Waals surface area contributed by atoms with Gasteiger partial charge in [-0.1, -0.05) is 18.2 Å². The second kappa shape index (κ2) is 6.81. The van der Waals surface area contributed by atoms with E-state index in [0.717, 1.165) is 22.4 Å². The van der Waals surface area contributed by atoms with Crippen LogP contribution in [0.5, 0.6) is 5.75 Å². The largest absolute Gasteiger partial charge is 0.497 e. The van der Waals surface area contributed by atoms with Gasteiger partial charge in [-0.05, 0) is 54.8 Å². The van der Waals surface area contributed by atoms with Crippen LogP contribution in [0, 0.1) is 13.8 Å². The van der Waals surface area contributed by atoms with Gasteiger partial charge in [0.15, 0.2) is 9.84 Å². The van der Waals surface area contributed by atoms with Gasteiger partial charge in [0.25, 0.3) is 0 Å². The fourth-order valence-corrected chi connectivity index (χ4v) is 6.27. The zero-order chi connectivity index (χ0) is 20.1. The number of aryl methyl sites for hydroxylation is 2. The Morgan fingerprint density at radius 1 is 1.04 bits per heavy atom. The first kappa shape index (κ1) is 18.8. The maximum absolute atomic E-state index is 13.3. The summed E-state index contributed by atoms with van der Waals surface area (Å²) in [6, 6.07) is 12.6. The number of fused-ring (bicyclic) bond motifs is 1. The summed E-state index contributed by atoms with van der Waals surface area (Å²) < 4.78 is 30.0. The molecule has 2 aliphatic rings. The van der Waals surface area contributed by atoms with Crippen molar-refractivity contribution < 1.29 is 17.9 Å². The highest BCUT2D eigenvalue weighted by Gasteiger charge is 2.53. The number of hydrogen-bond donors (Lipinski definition) is 0. The van der Waals surface area contributed by atoms with Crippen molar-refractivity contribution in [2.75, 3.05) is 23.5 Å². The van der Waals surface area contributed by atoms with E-state index in [4.69, 9.17) is 4.74 Å². The molecule has 0 radical (unpaired) electrons. The minimum Gasteiger partial charge on any atom is -0.497 e. The number of carbonyl (C=O) groups excluding carboxylic acids is 1. The topological polar surface area (TPSA) is 66.9 Å². The number of sulfone groups is 1.